The van der Waals surface area contributed by atoms with Crippen molar-refractivity contribution in [1.82, 2.24) is 10.2 Å². The first-order chi connectivity index (χ1) is 9.52. The number of aliphatic hydroxyl groups is 1. The second-order valence-electron chi connectivity index (χ2n) is 5.81. The zero-order chi connectivity index (χ0) is 14.6. The second kappa shape index (κ2) is 6.80. The van der Waals surface area contributed by atoms with Crippen LogP contribution in [0.15, 0.2) is 17.5 Å². The van der Waals surface area contributed by atoms with Crippen molar-refractivity contribution in [1.29, 1.82) is 0 Å². The molecule has 4 nitrogen and oxygen atoms in total. The molecule has 1 aliphatic heterocycles. The van der Waals surface area contributed by atoms with Gasteiger partial charge in [0.1, 0.15) is 6.23 Å². The van der Waals surface area contributed by atoms with Crippen LogP contribution >= 0.6 is 11.3 Å². The molecule has 112 valence electrons. The number of Topliss-reactive ketones (excluding diaryl/α,β-unsaturated/α-hetero) is 1. The molecule has 0 spiro atoms. The van der Waals surface area contributed by atoms with Crippen molar-refractivity contribution >= 4 is 17.1 Å². The molecule has 0 amide bonds. The third kappa shape index (κ3) is 4.12. The van der Waals surface area contributed by atoms with Gasteiger partial charge in [0, 0.05) is 18.6 Å². The standard InChI is InChI=1S/C15H24N2O2S/c1-3-14(19)16-15(2)6-8-17(9-7-15)11-12(18)13-5-4-10-20-13/h4-5,10,14,16,19H,3,6-9,11H2,1-2H3. The molecule has 1 aliphatic rings. The van der Waals surface area contributed by atoms with E-state index in [-0.39, 0.29) is 11.3 Å². The third-order valence-electron chi connectivity index (χ3n) is 4.02. The van der Waals surface area contributed by atoms with Crippen LogP contribution in [-0.4, -0.2) is 47.2 Å². The molecule has 2 rings (SSSR count). The summed E-state index contributed by atoms with van der Waals surface area (Å²) in [6.07, 6.45) is 2.21. The molecule has 0 aromatic carbocycles. The van der Waals surface area contributed by atoms with Gasteiger partial charge in [-0.05, 0) is 37.6 Å². The molecule has 1 atom stereocenters. The first kappa shape index (κ1) is 15.6. The predicted octanol–water partition coefficient (Wildman–Crippen LogP) is 2.10. The average Bonchev–Trinajstić information content (AvgIpc) is 2.95. The van der Waals surface area contributed by atoms with Crippen molar-refractivity contribution in [3.8, 4) is 0 Å². The van der Waals surface area contributed by atoms with Crippen molar-refractivity contribution in [2.24, 2.45) is 0 Å². The summed E-state index contributed by atoms with van der Waals surface area (Å²) in [5.41, 5.74) is -0.0160. The number of rotatable bonds is 6. The smallest absolute Gasteiger partial charge is 0.186 e. The van der Waals surface area contributed by atoms with Gasteiger partial charge in [0.05, 0.1) is 11.4 Å². The van der Waals surface area contributed by atoms with Gasteiger partial charge in [0.25, 0.3) is 0 Å². The van der Waals surface area contributed by atoms with Crippen LogP contribution in [0, 0.1) is 0 Å². The molecule has 0 bridgehead atoms. The summed E-state index contributed by atoms with van der Waals surface area (Å²) >= 11 is 1.51. The number of thiophene rings is 1. The molecule has 1 fully saturated rings. The van der Waals surface area contributed by atoms with Crippen molar-refractivity contribution in [3.05, 3.63) is 22.4 Å². The molecule has 1 aromatic heterocycles. The Morgan fingerprint density at radius 3 is 2.80 bits per heavy atom. The van der Waals surface area contributed by atoms with E-state index in [4.69, 9.17) is 0 Å². The number of nitrogens with one attached hydrogen (secondary N) is 1. The summed E-state index contributed by atoms with van der Waals surface area (Å²) in [6, 6.07) is 3.81. The molecular weight excluding hydrogens is 272 g/mol. The number of carbonyl (C=O) groups is 1. The van der Waals surface area contributed by atoms with Gasteiger partial charge in [-0.1, -0.05) is 13.0 Å². The van der Waals surface area contributed by atoms with Crippen LogP contribution in [0.5, 0.6) is 0 Å². The van der Waals surface area contributed by atoms with E-state index in [0.717, 1.165) is 37.2 Å². The molecule has 1 unspecified atom stereocenters. The average molecular weight is 296 g/mol. The van der Waals surface area contributed by atoms with Crippen LogP contribution in [0.4, 0.5) is 0 Å². The summed E-state index contributed by atoms with van der Waals surface area (Å²) in [6.45, 7) is 6.43. The first-order valence-corrected chi connectivity index (χ1v) is 8.15. The highest BCUT2D eigenvalue weighted by molar-refractivity contribution is 7.12. The number of hydrogen-bond acceptors (Lipinski definition) is 5. The van der Waals surface area contributed by atoms with Crippen LogP contribution in [0.1, 0.15) is 42.8 Å². The quantitative estimate of drug-likeness (QED) is 0.623. The van der Waals surface area contributed by atoms with Gasteiger partial charge in [-0.15, -0.1) is 11.3 Å². The summed E-state index contributed by atoms with van der Waals surface area (Å²) in [5, 5.41) is 15.0. The van der Waals surface area contributed by atoms with Crippen LogP contribution in [-0.2, 0) is 0 Å². The maximum absolute atomic E-state index is 12.1. The maximum atomic E-state index is 12.1. The topological polar surface area (TPSA) is 52.6 Å². The largest absolute Gasteiger partial charge is 0.379 e. The number of hydrogen-bond donors (Lipinski definition) is 2. The van der Waals surface area contributed by atoms with Crippen molar-refractivity contribution in [2.75, 3.05) is 19.6 Å². The number of nitrogens with zero attached hydrogens (tertiary/aromatic N) is 1. The van der Waals surface area contributed by atoms with Gasteiger partial charge in [0.15, 0.2) is 5.78 Å². The Balaban J connectivity index is 1.81. The lowest BCUT2D eigenvalue weighted by Crippen LogP contribution is -2.55. The zero-order valence-electron chi connectivity index (χ0n) is 12.3. The molecule has 2 N–H and O–H groups in total. The molecule has 0 radical (unpaired) electrons. The van der Waals surface area contributed by atoms with Gasteiger partial charge >= 0.3 is 0 Å². The summed E-state index contributed by atoms with van der Waals surface area (Å²) < 4.78 is 0. The van der Waals surface area contributed by atoms with Gasteiger partial charge in [-0.25, -0.2) is 0 Å². The van der Waals surface area contributed by atoms with Crippen molar-refractivity contribution in [3.63, 3.8) is 0 Å². The lowest BCUT2D eigenvalue weighted by molar-refractivity contribution is 0.0556. The monoisotopic (exact) mass is 296 g/mol. The summed E-state index contributed by atoms with van der Waals surface area (Å²) in [5.74, 6) is 0.213. The highest BCUT2D eigenvalue weighted by atomic mass is 32.1. The second-order valence-corrected chi connectivity index (χ2v) is 6.75. The van der Waals surface area contributed by atoms with Crippen molar-refractivity contribution < 1.29 is 9.90 Å². The summed E-state index contributed by atoms with van der Waals surface area (Å²) in [4.78, 5) is 15.1. The van der Waals surface area contributed by atoms with Crippen LogP contribution < -0.4 is 5.32 Å². The Labute approximate surface area is 124 Å². The minimum absolute atomic E-state index is 0.0160. The van der Waals surface area contributed by atoms with Gasteiger partial charge < -0.3 is 5.11 Å². The maximum Gasteiger partial charge on any atom is 0.186 e. The SMILES string of the molecule is CCC(O)NC1(C)CCN(CC(=O)c2cccs2)CC1. The van der Waals surface area contributed by atoms with Crippen LogP contribution in [0.3, 0.4) is 0 Å². The number of aliphatic hydroxyl groups excluding tert-OH is 1. The molecule has 2 heterocycles. The minimum Gasteiger partial charge on any atom is -0.379 e. The number of ketones is 1. The molecule has 1 saturated heterocycles. The number of likely N-dealkylation sites (tertiary alicyclic amines) is 1. The highest BCUT2D eigenvalue weighted by Crippen LogP contribution is 2.23. The number of piperidine rings is 1. The predicted molar refractivity (Wildman–Crippen MR) is 82.2 cm³/mol. The Morgan fingerprint density at radius 1 is 1.55 bits per heavy atom. The lowest BCUT2D eigenvalue weighted by atomic mass is 9.89. The van der Waals surface area contributed by atoms with Gasteiger partial charge in [-0.2, -0.15) is 0 Å². The lowest BCUT2D eigenvalue weighted by Gasteiger charge is -2.41. The van der Waals surface area contributed by atoms with E-state index in [0.29, 0.717) is 6.54 Å². The van der Waals surface area contributed by atoms with Gasteiger partial charge in [0.2, 0.25) is 0 Å². The van der Waals surface area contributed by atoms with E-state index in [1.807, 2.05) is 24.4 Å². The zero-order valence-corrected chi connectivity index (χ0v) is 13.1. The molecule has 0 aliphatic carbocycles. The van der Waals surface area contributed by atoms with E-state index < -0.39 is 6.23 Å². The fourth-order valence-electron chi connectivity index (χ4n) is 2.57. The van der Waals surface area contributed by atoms with E-state index in [2.05, 4.69) is 17.1 Å². The Bertz CT molecular complexity index is 425. The van der Waals surface area contributed by atoms with E-state index in [1.54, 1.807) is 0 Å². The van der Waals surface area contributed by atoms with Crippen LogP contribution in [0.25, 0.3) is 0 Å². The third-order valence-corrected chi connectivity index (χ3v) is 4.94. The van der Waals surface area contributed by atoms with E-state index >= 15 is 0 Å². The summed E-state index contributed by atoms with van der Waals surface area (Å²) in [7, 11) is 0. The minimum atomic E-state index is -0.431. The molecule has 20 heavy (non-hydrogen) atoms. The van der Waals surface area contributed by atoms with E-state index in [1.165, 1.54) is 11.3 Å². The van der Waals surface area contributed by atoms with Crippen LogP contribution in [0.2, 0.25) is 0 Å². The van der Waals surface area contributed by atoms with Gasteiger partial charge in [-0.3, -0.25) is 15.0 Å². The Hall–Kier alpha value is -0.750. The fraction of sp³-hybridized carbons (Fsp3) is 0.667. The van der Waals surface area contributed by atoms with Crippen molar-refractivity contribution in [2.45, 2.75) is 44.9 Å². The first-order valence-electron chi connectivity index (χ1n) is 7.27. The highest BCUT2D eigenvalue weighted by Gasteiger charge is 2.31. The number of carbonyl (C=O) groups excluding carboxylic acids is 1. The normalized spacial score (nSPS) is 20.8. The Kier molecular flexibility index (Phi) is 5.32. The fourth-order valence-corrected chi connectivity index (χ4v) is 3.23. The van der Waals surface area contributed by atoms with E-state index in [9.17, 15) is 9.90 Å². The molecule has 5 heteroatoms. The Morgan fingerprint density at radius 2 is 2.25 bits per heavy atom. The molecule has 1 aromatic rings. The molecule has 0 saturated carbocycles. The molecular formula is C15H24N2O2S.